The Morgan fingerprint density at radius 2 is 2.21 bits per heavy atom. The van der Waals surface area contributed by atoms with Gasteiger partial charge in [0.05, 0.1) is 5.37 Å². The Bertz CT molecular complexity index is 480. The molecule has 1 saturated heterocycles. The molecular weight excluding hydrogens is 283 g/mol. The first-order valence-corrected chi connectivity index (χ1v) is 6.36. The van der Waals surface area contributed by atoms with E-state index >= 15 is 0 Å². The van der Waals surface area contributed by atoms with E-state index in [2.05, 4.69) is 10.1 Å². The fourth-order valence-corrected chi connectivity index (χ4v) is 2.90. The minimum atomic E-state index is -4.74. The number of aliphatic carboxylic acids is 1. The van der Waals surface area contributed by atoms with Crippen LogP contribution in [0.2, 0.25) is 0 Å². The number of nitrogens with one attached hydrogen (secondary N) is 1. The zero-order valence-corrected chi connectivity index (χ0v) is 10.3. The van der Waals surface area contributed by atoms with E-state index in [4.69, 9.17) is 5.11 Å². The number of ether oxygens (including phenoxy) is 1. The number of carbonyl (C=O) groups is 1. The molecule has 1 unspecified atom stereocenters. The molecule has 0 saturated carbocycles. The van der Waals surface area contributed by atoms with Crippen molar-refractivity contribution in [1.82, 2.24) is 5.32 Å². The van der Waals surface area contributed by atoms with Crippen LogP contribution in [0.25, 0.3) is 0 Å². The minimum Gasteiger partial charge on any atom is -0.480 e. The Kier molecular flexibility index (Phi) is 3.91. The molecule has 2 rings (SSSR count). The van der Waals surface area contributed by atoms with Gasteiger partial charge in [-0.05, 0) is 17.7 Å². The van der Waals surface area contributed by atoms with Gasteiger partial charge in [-0.3, -0.25) is 10.1 Å². The largest absolute Gasteiger partial charge is 0.573 e. The molecule has 1 fully saturated rings. The van der Waals surface area contributed by atoms with Crippen molar-refractivity contribution in [1.29, 1.82) is 0 Å². The quantitative estimate of drug-likeness (QED) is 0.896. The Morgan fingerprint density at radius 3 is 2.79 bits per heavy atom. The van der Waals surface area contributed by atoms with Crippen molar-refractivity contribution in [2.45, 2.75) is 17.8 Å². The van der Waals surface area contributed by atoms with Crippen LogP contribution in [-0.4, -0.2) is 29.2 Å². The number of carboxylic acid groups (broad SMARTS) is 1. The molecule has 0 bridgehead atoms. The molecule has 1 aliphatic heterocycles. The van der Waals surface area contributed by atoms with Gasteiger partial charge in [0.15, 0.2) is 0 Å². The summed E-state index contributed by atoms with van der Waals surface area (Å²) in [6.07, 6.45) is -4.74. The Hall–Kier alpha value is -1.41. The van der Waals surface area contributed by atoms with Crippen molar-refractivity contribution >= 4 is 17.7 Å². The summed E-state index contributed by atoms with van der Waals surface area (Å²) in [5, 5.41) is 11.3. The summed E-state index contributed by atoms with van der Waals surface area (Å²) < 4.78 is 40.1. The highest BCUT2D eigenvalue weighted by atomic mass is 32.2. The molecule has 1 heterocycles. The summed E-state index contributed by atoms with van der Waals surface area (Å²) in [5.74, 6) is -0.923. The van der Waals surface area contributed by atoms with Crippen LogP contribution in [0.4, 0.5) is 13.2 Å². The lowest BCUT2D eigenvalue weighted by Crippen LogP contribution is -2.33. The van der Waals surface area contributed by atoms with E-state index in [1.807, 2.05) is 0 Å². The molecule has 0 radical (unpaired) electrons. The number of thioether (sulfide) groups is 1. The average Bonchev–Trinajstić information content (AvgIpc) is 2.76. The summed E-state index contributed by atoms with van der Waals surface area (Å²) in [4.78, 5) is 10.8. The van der Waals surface area contributed by atoms with Crippen molar-refractivity contribution in [3.05, 3.63) is 29.8 Å². The standard InChI is InChI=1S/C11H10F3NO3S/c12-11(13,14)18-7-3-1-2-6(4-7)9-15-8(5-19-9)10(16)17/h1-4,8-9,15H,5H2,(H,16,17)/t8-,9?/m0/s1. The third-order valence-electron chi connectivity index (χ3n) is 2.47. The fraction of sp³-hybridized carbons (Fsp3) is 0.364. The van der Waals surface area contributed by atoms with Gasteiger partial charge < -0.3 is 9.84 Å². The molecular formula is C11H10F3NO3S. The SMILES string of the molecule is O=C(O)[C@@H]1CSC(c2cccc(OC(F)(F)F)c2)N1. The van der Waals surface area contributed by atoms with Gasteiger partial charge in [-0.15, -0.1) is 24.9 Å². The van der Waals surface area contributed by atoms with Crippen LogP contribution in [0.1, 0.15) is 10.9 Å². The molecule has 1 aromatic rings. The third kappa shape index (κ3) is 3.77. The minimum absolute atomic E-state index is 0.314. The first-order valence-electron chi connectivity index (χ1n) is 5.31. The number of hydrogen-bond acceptors (Lipinski definition) is 4. The first kappa shape index (κ1) is 14.0. The topological polar surface area (TPSA) is 58.6 Å². The highest BCUT2D eigenvalue weighted by Crippen LogP contribution is 2.35. The Morgan fingerprint density at radius 1 is 1.47 bits per heavy atom. The molecule has 8 heteroatoms. The molecule has 0 aliphatic carbocycles. The molecule has 1 aromatic carbocycles. The predicted octanol–water partition coefficient (Wildman–Crippen LogP) is 2.37. The molecule has 1 aliphatic rings. The van der Waals surface area contributed by atoms with Crippen LogP contribution < -0.4 is 10.1 Å². The fourth-order valence-electron chi connectivity index (χ4n) is 1.68. The molecule has 2 N–H and O–H groups in total. The predicted molar refractivity (Wildman–Crippen MR) is 62.9 cm³/mol. The summed E-state index contributed by atoms with van der Waals surface area (Å²) in [7, 11) is 0. The van der Waals surface area contributed by atoms with Crippen molar-refractivity contribution < 1.29 is 27.8 Å². The maximum absolute atomic E-state index is 12.1. The molecule has 0 amide bonds. The number of halogens is 3. The Labute approximate surface area is 110 Å². The number of hydrogen-bond donors (Lipinski definition) is 2. The molecule has 2 atom stereocenters. The van der Waals surface area contributed by atoms with Gasteiger partial charge in [-0.1, -0.05) is 12.1 Å². The van der Waals surface area contributed by atoms with Crippen LogP contribution in [0, 0.1) is 0 Å². The van der Waals surface area contributed by atoms with E-state index in [-0.39, 0.29) is 11.1 Å². The summed E-state index contributed by atoms with van der Waals surface area (Å²) in [5.41, 5.74) is 0.551. The normalized spacial score (nSPS) is 23.3. The van der Waals surface area contributed by atoms with E-state index in [1.165, 1.54) is 30.0 Å². The van der Waals surface area contributed by atoms with Crippen LogP contribution in [0.15, 0.2) is 24.3 Å². The zero-order valence-electron chi connectivity index (χ0n) is 9.48. The van der Waals surface area contributed by atoms with Gasteiger partial charge in [0.25, 0.3) is 0 Å². The average molecular weight is 293 g/mol. The van der Waals surface area contributed by atoms with E-state index in [0.717, 1.165) is 0 Å². The summed E-state index contributed by atoms with van der Waals surface area (Å²) in [6.45, 7) is 0. The summed E-state index contributed by atoms with van der Waals surface area (Å²) >= 11 is 1.33. The lowest BCUT2D eigenvalue weighted by Gasteiger charge is -2.14. The number of benzene rings is 1. The Balaban J connectivity index is 2.09. The van der Waals surface area contributed by atoms with Gasteiger partial charge >= 0.3 is 12.3 Å². The molecule has 104 valence electrons. The second-order valence-electron chi connectivity index (χ2n) is 3.89. The van der Waals surface area contributed by atoms with E-state index in [0.29, 0.717) is 11.3 Å². The second kappa shape index (κ2) is 5.30. The first-order chi connectivity index (χ1) is 8.85. The van der Waals surface area contributed by atoms with E-state index in [1.54, 1.807) is 6.07 Å². The third-order valence-corrected chi connectivity index (χ3v) is 3.74. The van der Waals surface area contributed by atoms with Crippen LogP contribution >= 0.6 is 11.8 Å². The van der Waals surface area contributed by atoms with Crippen molar-refractivity contribution in [2.75, 3.05) is 5.75 Å². The highest BCUT2D eigenvalue weighted by Gasteiger charge is 2.33. The van der Waals surface area contributed by atoms with Gasteiger partial charge in [-0.25, -0.2) is 0 Å². The van der Waals surface area contributed by atoms with Crippen LogP contribution in [0.3, 0.4) is 0 Å². The van der Waals surface area contributed by atoms with Crippen molar-refractivity contribution in [3.8, 4) is 5.75 Å². The van der Waals surface area contributed by atoms with Gasteiger partial charge in [0, 0.05) is 5.75 Å². The van der Waals surface area contributed by atoms with Crippen molar-refractivity contribution in [3.63, 3.8) is 0 Å². The van der Waals surface area contributed by atoms with Crippen molar-refractivity contribution in [2.24, 2.45) is 0 Å². The van der Waals surface area contributed by atoms with Crippen LogP contribution in [-0.2, 0) is 4.79 Å². The lowest BCUT2D eigenvalue weighted by atomic mass is 10.2. The number of rotatable bonds is 3. The number of alkyl halides is 3. The zero-order chi connectivity index (χ0) is 14.0. The maximum Gasteiger partial charge on any atom is 0.573 e. The van der Waals surface area contributed by atoms with E-state index in [9.17, 15) is 18.0 Å². The van der Waals surface area contributed by atoms with Gasteiger partial charge in [0.1, 0.15) is 11.8 Å². The molecule has 4 nitrogen and oxygen atoms in total. The smallest absolute Gasteiger partial charge is 0.480 e. The highest BCUT2D eigenvalue weighted by molar-refractivity contribution is 7.99. The van der Waals surface area contributed by atoms with Gasteiger partial charge in [0.2, 0.25) is 0 Å². The summed E-state index contributed by atoms with van der Waals surface area (Å²) in [6, 6.07) is 4.82. The van der Waals surface area contributed by atoms with Crippen LogP contribution in [0.5, 0.6) is 5.75 Å². The van der Waals surface area contributed by atoms with E-state index < -0.39 is 18.4 Å². The maximum atomic E-state index is 12.1. The van der Waals surface area contributed by atoms with Gasteiger partial charge in [-0.2, -0.15) is 0 Å². The molecule has 0 aromatic heterocycles. The lowest BCUT2D eigenvalue weighted by molar-refractivity contribution is -0.274. The number of carboxylic acids is 1. The molecule has 0 spiro atoms. The monoisotopic (exact) mass is 293 g/mol. The molecule has 19 heavy (non-hydrogen) atoms. The second-order valence-corrected chi connectivity index (χ2v) is 5.03.